The van der Waals surface area contributed by atoms with Crippen LogP contribution >= 0.6 is 0 Å². The summed E-state index contributed by atoms with van der Waals surface area (Å²) in [4.78, 5) is 13.9. The number of methoxy groups -OCH3 is 1. The predicted octanol–water partition coefficient (Wildman–Crippen LogP) is 1.56. The first-order chi connectivity index (χ1) is 9.58. The third kappa shape index (κ3) is 5.02. The lowest BCUT2D eigenvalue weighted by Crippen LogP contribution is -2.28. The van der Waals surface area contributed by atoms with Crippen LogP contribution in [0.4, 0.5) is 0 Å². The fraction of sp³-hybridized carbons (Fsp3) is 0.429. The summed E-state index contributed by atoms with van der Waals surface area (Å²) in [6, 6.07) is 8.95. The van der Waals surface area contributed by atoms with Crippen LogP contribution in [-0.4, -0.2) is 41.5 Å². The molecule has 0 saturated carbocycles. The second kappa shape index (κ2) is 8.33. The van der Waals surface area contributed by atoms with E-state index in [1.54, 1.807) is 38.4 Å². The van der Waals surface area contributed by atoms with E-state index in [4.69, 9.17) is 10.00 Å². The molecule has 6 heteroatoms. The average Bonchev–Trinajstić information content (AvgIpc) is 2.49. The zero-order valence-electron chi connectivity index (χ0n) is 11.7. The van der Waals surface area contributed by atoms with Gasteiger partial charge in [-0.2, -0.15) is 5.26 Å². The minimum Gasteiger partial charge on any atom is -0.497 e. The van der Waals surface area contributed by atoms with Crippen molar-refractivity contribution in [3.63, 3.8) is 0 Å². The van der Waals surface area contributed by atoms with Crippen molar-refractivity contribution in [3.05, 3.63) is 24.3 Å². The van der Waals surface area contributed by atoms with Crippen LogP contribution in [0, 0.1) is 11.3 Å². The molecule has 0 fully saturated rings. The van der Waals surface area contributed by atoms with Crippen molar-refractivity contribution >= 4 is 16.7 Å². The Hall–Kier alpha value is -1.87. The number of hydrogen-bond donors (Lipinski definition) is 0. The van der Waals surface area contributed by atoms with E-state index in [9.17, 15) is 9.00 Å². The number of rotatable bonds is 7. The summed E-state index contributed by atoms with van der Waals surface area (Å²) in [6.07, 6.45) is 0.518. The van der Waals surface area contributed by atoms with E-state index in [1.807, 2.05) is 6.07 Å². The molecule has 5 nitrogen and oxygen atoms in total. The van der Waals surface area contributed by atoms with Crippen molar-refractivity contribution in [1.82, 2.24) is 4.90 Å². The predicted molar refractivity (Wildman–Crippen MR) is 76.8 cm³/mol. The van der Waals surface area contributed by atoms with Crippen molar-refractivity contribution in [2.24, 2.45) is 0 Å². The molecule has 1 amide bonds. The maximum atomic E-state index is 12.0. The number of carbonyl (C=O) groups is 1. The largest absolute Gasteiger partial charge is 0.497 e. The topological polar surface area (TPSA) is 70.4 Å². The molecule has 0 aliphatic heterocycles. The number of benzene rings is 1. The normalized spacial score (nSPS) is 11.4. The number of carbonyl (C=O) groups excluding carboxylic acids is 1. The van der Waals surface area contributed by atoms with Crippen molar-refractivity contribution in [3.8, 4) is 11.8 Å². The lowest BCUT2D eigenvalue weighted by atomic mass is 10.3. The third-order valence-electron chi connectivity index (χ3n) is 2.81. The molecule has 0 aromatic heterocycles. The van der Waals surface area contributed by atoms with Gasteiger partial charge in [0.15, 0.2) is 0 Å². The highest BCUT2D eigenvalue weighted by atomic mass is 32.2. The van der Waals surface area contributed by atoms with Gasteiger partial charge in [0.2, 0.25) is 5.91 Å². The fourth-order valence-electron chi connectivity index (χ4n) is 1.56. The van der Waals surface area contributed by atoms with Gasteiger partial charge in [-0.3, -0.25) is 9.00 Å². The van der Waals surface area contributed by atoms with Gasteiger partial charge >= 0.3 is 0 Å². The summed E-state index contributed by atoms with van der Waals surface area (Å²) in [5.41, 5.74) is 0. The van der Waals surface area contributed by atoms with Gasteiger partial charge < -0.3 is 9.64 Å². The minimum atomic E-state index is -1.20. The van der Waals surface area contributed by atoms with E-state index < -0.39 is 10.8 Å². The molecule has 0 saturated heterocycles. The Morgan fingerprint density at radius 1 is 1.40 bits per heavy atom. The quantitative estimate of drug-likeness (QED) is 0.765. The monoisotopic (exact) mass is 294 g/mol. The van der Waals surface area contributed by atoms with E-state index in [2.05, 4.69) is 0 Å². The molecule has 0 radical (unpaired) electrons. The maximum Gasteiger partial charge on any atom is 0.223 e. The molecule has 1 atom stereocenters. The van der Waals surface area contributed by atoms with E-state index in [0.717, 1.165) is 0 Å². The lowest BCUT2D eigenvalue weighted by molar-refractivity contribution is -0.129. The Kier molecular flexibility index (Phi) is 6.74. The highest BCUT2D eigenvalue weighted by molar-refractivity contribution is 7.85. The molecule has 1 unspecified atom stereocenters. The highest BCUT2D eigenvalue weighted by Gasteiger charge is 2.11. The summed E-state index contributed by atoms with van der Waals surface area (Å²) in [7, 11) is 2.02. The molecule has 1 rings (SSSR count). The van der Waals surface area contributed by atoms with Gasteiger partial charge in [-0.1, -0.05) is 0 Å². The molecule has 0 spiro atoms. The van der Waals surface area contributed by atoms with Gasteiger partial charge in [-0.05, 0) is 24.3 Å². The molecule has 0 aliphatic rings. The molecule has 1 aromatic carbocycles. The van der Waals surface area contributed by atoms with Crippen molar-refractivity contribution < 1.29 is 13.7 Å². The van der Waals surface area contributed by atoms with E-state index in [0.29, 0.717) is 23.6 Å². The van der Waals surface area contributed by atoms with Gasteiger partial charge in [0, 0.05) is 30.7 Å². The third-order valence-corrected chi connectivity index (χ3v) is 4.18. The van der Waals surface area contributed by atoms with Gasteiger partial charge in [0.05, 0.1) is 30.4 Å². The SMILES string of the molecule is COc1ccc(S(=O)CCC(=O)N(C)CCC#N)cc1. The highest BCUT2D eigenvalue weighted by Crippen LogP contribution is 2.14. The molecule has 108 valence electrons. The molecular formula is C14H18N2O3S. The van der Waals surface area contributed by atoms with Crippen LogP contribution in [-0.2, 0) is 15.6 Å². The smallest absolute Gasteiger partial charge is 0.223 e. The van der Waals surface area contributed by atoms with Crippen LogP contribution in [0.2, 0.25) is 0 Å². The first-order valence-electron chi connectivity index (χ1n) is 6.22. The standard InChI is InChI=1S/C14H18N2O3S/c1-16(10-3-9-15)14(17)8-11-20(18)13-6-4-12(19-2)5-7-13/h4-7H,3,8,10-11H2,1-2H3. The van der Waals surface area contributed by atoms with Gasteiger partial charge in [-0.25, -0.2) is 0 Å². The van der Waals surface area contributed by atoms with Gasteiger partial charge in [0.1, 0.15) is 5.75 Å². The molecule has 0 heterocycles. The Morgan fingerprint density at radius 3 is 2.60 bits per heavy atom. The summed E-state index contributed by atoms with van der Waals surface area (Å²) >= 11 is 0. The first-order valence-corrected chi connectivity index (χ1v) is 7.53. The molecule has 0 aliphatic carbocycles. The second-order valence-electron chi connectivity index (χ2n) is 4.20. The number of nitriles is 1. The fourth-order valence-corrected chi connectivity index (χ4v) is 2.59. The molecule has 1 aromatic rings. The van der Waals surface area contributed by atoms with E-state index >= 15 is 0 Å². The van der Waals surface area contributed by atoms with Crippen LogP contribution in [0.25, 0.3) is 0 Å². The lowest BCUT2D eigenvalue weighted by Gasteiger charge is -2.15. The Labute approximate surface area is 121 Å². The van der Waals surface area contributed by atoms with Crippen LogP contribution < -0.4 is 4.74 Å². The molecule has 0 N–H and O–H groups in total. The Bertz CT molecular complexity index is 508. The summed E-state index contributed by atoms with van der Waals surface area (Å²) in [5, 5.41) is 8.46. The second-order valence-corrected chi connectivity index (χ2v) is 5.77. The number of amides is 1. The molecule has 0 bridgehead atoms. The van der Waals surface area contributed by atoms with Crippen LogP contribution in [0.5, 0.6) is 5.75 Å². The van der Waals surface area contributed by atoms with Crippen LogP contribution in [0.1, 0.15) is 12.8 Å². The van der Waals surface area contributed by atoms with Crippen molar-refractivity contribution in [2.75, 3.05) is 26.5 Å². The maximum absolute atomic E-state index is 12.0. The zero-order valence-corrected chi connectivity index (χ0v) is 12.5. The van der Waals surface area contributed by atoms with E-state index in [1.165, 1.54) is 4.90 Å². The van der Waals surface area contributed by atoms with Crippen molar-refractivity contribution in [2.45, 2.75) is 17.7 Å². The summed E-state index contributed by atoms with van der Waals surface area (Å²) in [5.74, 6) is 0.891. The first kappa shape index (κ1) is 16.2. The van der Waals surface area contributed by atoms with Crippen LogP contribution in [0.15, 0.2) is 29.2 Å². The Morgan fingerprint density at radius 2 is 2.05 bits per heavy atom. The number of hydrogen-bond acceptors (Lipinski definition) is 4. The van der Waals surface area contributed by atoms with Crippen molar-refractivity contribution in [1.29, 1.82) is 5.26 Å². The van der Waals surface area contributed by atoms with Gasteiger partial charge in [-0.15, -0.1) is 0 Å². The minimum absolute atomic E-state index is 0.0953. The summed E-state index contributed by atoms with van der Waals surface area (Å²) in [6.45, 7) is 0.407. The molecule has 20 heavy (non-hydrogen) atoms. The van der Waals surface area contributed by atoms with Crippen LogP contribution in [0.3, 0.4) is 0 Å². The van der Waals surface area contributed by atoms with Gasteiger partial charge in [0.25, 0.3) is 0 Å². The Balaban J connectivity index is 2.46. The molecular weight excluding hydrogens is 276 g/mol. The average molecular weight is 294 g/mol. The zero-order chi connectivity index (χ0) is 15.0. The number of nitrogens with zero attached hydrogens (tertiary/aromatic N) is 2. The summed E-state index contributed by atoms with van der Waals surface area (Å²) < 4.78 is 17.1. The van der Waals surface area contributed by atoms with E-state index in [-0.39, 0.29) is 18.1 Å². The number of ether oxygens (including phenoxy) is 1.